The maximum absolute atomic E-state index is 9.66. The molecular weight excluding hydrogens is 344 g/mol. The van der Waals surface area contributed by atoms with Gasteiger partial charge in [-0.25, -0.2) is 9.98 Å². The molecule has 0 aliphatic carbocycles. The Kier molecular flexibility index (Phi) is 3.62. The van der Waals surface area contributed by atoms with Crippen LogP contribution in [0.2, 0.25) is 5.02 Å². The smallest absolute Gasteiger partial charge is 0.250 e. The van der Waals surface area contributed by atoms with Gasteiger partial charge in [-0.3, -0.25) is 0 Å². The molecule has 8 heteroatoms. The fourth-order valence-electron chi connectivity index (χ4n) is 2.35. The number of nitrogens with one attached hydrogen (secondary N) is 1. The zero-order valence-corrected chi connectivity index (χ0v) is 13.4. The lowest BCUT2D eigenvalue weighted by molar-refractivity contribution is 0.396. The third kappa shape index (κ3) is 2.92. The van der Waals surface area contributed by atoms with Crippen LogP contribution in [0.1, 0.15) is 5.56 Å². The Balaban J connectivity index is 1.76. The van der Waals surface area contributed by atoms with Gasteiger partial charge in [-0.1, -0.05) is 17.7 Å². The largest absolute Gasteiger partial charge is 0.504 e. The number of anilines is 2. The van der Waals surface area contributed by atoms with E-state index in [1.807, 2.05) is 12.1 Å². The van der Waals surface area contributed by atoms with Crippen molar-refractivity contribution >= 4 is 35.0 Å². The van der Waals surface area contributed by atoms with Crippen LogP contribution >= 0.6 is 11.6 Å². The molecule has 7 nitrogen and oxygen atoms in total. The monoisotopic (exact) mass is 354 g/mol. The van der Waals surface area contributed by atoms with E-state index in [0.29, 0.717) is 27.8 Å². The third-order valence-corrected chi connectivity index (χ3v) is 3.76. The summed E-state index contributed by atoms with van der Waals surface area (Å²) in [4.78, 5) is 12.6. The average Bonchev–Trinajstić information content (AvgIpc) is 2.75. The predicted octanol–water partition coefficient (Wildman–Crippen LogP) is 4.14. The molecule has 0 atom stereocenters. The van der Waals surface area contributed by atoms with Crippen LogP contribution in [0.15, 0.2) is 47.7 Å². The van der Waals surface area contributed by atoms with Crippen molar-refractivity contribution in [3.05, 3.63) is 53.3 Å². The molecule has 3 aromatic rings. The van der Waals surface area contributed by atoms with Gasteiger partial charge in [-0.05, 0) is 24.3 Å². The lowest BCUT2D eigenvalue weighted by Gasteiger charge is -2.11. The number of benzene rings is 2. The van der Waals surface area contributed by atoms with Crippen molar-refractivity contribution in [2.45, 2.75) is 0 Å². The molecule has 3 N–H and O–H groups in total. The van der Waals surface area contributed by atoms with Gasteiger partial charge in [-0.15, -0.1) is 0 Å². The number of hydrogen-bond acceptors (Lipinski definition) is 7. The highest BCUT2D eigenvalue weighted by Crippen LogP contribution is 2.41. The van der Waals surface area contributed by atoms with Crippen molar-refractivity contribution in [3.8, 4) is 23.1 Å². The Hall–Kier alpha value is -3.32. The van der Waals surface area contributed by atoms with Crippen LogP contribution in [0.5, 0.6) is 23.1 Å². The second-order valence-corrected chi connectivity index (χ2v) is 5.69. The minimum absolute atomic E-state index is 0.222. The quantitative estimate of drug-likeness (QED) is 0.468. The lowest BCUT2D eigenvalue weighted by Crippen LogP contribution is -1.97. The van der Waals surface area contributed by atoms with Crippen molar-refractivity contribution in [1.82, 2.24) is 9.97 Å². The van der Waals surface area contributed by atoms with E-state index < -0.39 is 0 Å². The zero-order chi connectivity index (χ0) is 17.4. The number of phenolic OH excluding ortho intramolecular Hbond substituents is 2. The highest BCUT2D eigenvalue weighted by Gasteiger charge is 2.19. The van der Waals surface area contributed by atoms with Crippen LogP contribution in [0.25, 0.3) is 0 Å². The number of rotatable bonds is 2. The van der Waals surface area contributed by atoms with Crippen LogP contribution in [-0.2, 0) is 0 Å². The topological polar surface area (TPSA) is 99.9 Å². The van der Waals surface area contributed by atoms with Gasteiger partial charge in [0.1, 0.15) is 12.1 Å². The Morgan fingerprint density at radius 1 is 1.04 bits per heavy atom. The molecule has 0 amide bonds. The van der Waals surface area contributed by atoms with Crippen LogP contribution < -0.4 is 10.1 Å². The average molecular weight is 355 g/mol. The van der Waals surface area contributed by atoms with Gasteiger partial charge in [0, 0.05) is 28.6 Å². The molecule has 0 spiro atoms. The van der Waals surface area contributed by atoms with E-state index in [4.69, 9.17) is 16.3 Å². The molecule has 2 aromatic carbocycles. The normalized spacial score (nSPS) is 11.9. The van der Waals surface area contributed by atoms with E-state index >= 15 is 0 Å². The molecule has 0 unspecified atom stereocenters. The standard InChI is InChI=1S/C17H11ClN4O3/c18-10-2-1-3-11(5-10)22-16-15-17(21-8-20-16)25-14-6-13(24)12(23)4-9(14)7-19-15/h1-8,23-24H,(H,20,21,22). The number of phenols is 2. The van der Waals surface area contributed by atoms with Gasteiger partial charge in [0.25, 0.3) is 5.88 Å². The molecule has 0 radical (unpaired) electrons. The number of aromatic hydroxyl groups is 2. The van der Waals surface area contributed by atoms with Crippen molar-refractivity contribution in [1.29, 1.82) is 0 Å². The van der Waals surface area contributed by atoms with Crippen molar-refractivity contribution in [2.75, 3.05) is 5.32 Å². The molecule has 0 bridgehead atoms. The summed E-state index contributed by atoms with van der Waals surface area (Å²) < 4.78 is 5.73. The number of hydrogen-bond donors (Lipinski definition) is 3. The maximum Gasteiger partial charge on any atom is 0.250 e. The first-order chi connectivity index (χ1) is 12.1. The minimum atomic E-state index is -0.290. The summed E-state index contributed by atoms with van der Waals surface area (Å²) in [5.41, 5.74) is 1.63. The van der Waals surface area contributed by atoms with Crippen molar-refractivity contribution < 1.29 is 14.9 Å². The summed E-state index contributed by atoms with van der Waals surface area (Å²) in [5.74, 6) is 0.430. The highest BCUT2D eigenvalue weighted by molar-refractivity contribution is 6.30. The first-order valence-corrected chi connectivity index (χ1v) is 7.63. The molecule has 4 rings (SSSR count). The van der Waals surface area contributed by atoms with Gasteiger partial charge in [0.2, 0.25) is 0 Å². The van der Waals surface area contributed by atoms with E-state index in [2.05, 4.69) is 20.3 Å². The van der Waals surface area contributed by atoms with E-state index in [9.17, 15) is 10.2 Å². The van der Waals surface area contributed by atoms with Gasteiger partial charge < -0.3 is 20.3 Å². The molecule has 1 aromatic heterocycles. The fraction of sp³-hybridized carbons (Fsp3) is 0. The van der Waals surface area contributed by atoms with Gasteiger partial charge in [-0.2, -0.15) is 4.98 Å². The minimum Gasteiger partial charge on any atom is -0.504 e. The molecule has 0 saturated heterocycles. The van der Waals surface area contributed by atoms with Crippen LogP contribution in [0.3, 0.4) is 0 Å². The Morgan fingerprint density at radius 2 is 1.88 bits per heavy atom. The number of ether oxygens (including phenoxy) is 1. The van der Waals surface area contributed by atoms with Gasteiger partial charge in [0.15, 0.2) is 23.0 Å². The maximum atomic E-state index is 9.66. The SMILES string of the molecule is Oc1cc2c(cc1O)Oc1ncnc(Nc3cccc(Cl)c3)c1N=C2. The highest BCUT2D eigenvalue weighted by atomic mass is 35.5. The summed E-state index contributed by atoms with van der Waals surface area (Å²) in [7, 11) is 0. The Labute approximate surface area is 147 Å². The number of aromatic nitrogens is 2. The zero-order valence-electron chi connectivity index (χ0n) is 12.6. The van der Waals surface area contributed by atoms with Gasteiger partial charge >= 0.3 is 0 Å². The summed E-state index contributed by atoms with van der Waals surface area (Å²) in [6, 6.07) is 9.83. The van der Waals surface area contributed by atoms with Crippen molar-refractivity contribution in [2.24, 2.45) is 4.99 Å². The van der Waals surface area contributed by atoms with E-state index in [1.165, 1.54) is 24.7 Å². The molecule has 25 heavy (non-hydrogen) atoms. The second kappa shape index (κ2) is 5.95. The lowest BCUT2D eigenvalue weighted by atomic mass is 10.2. The molecule has 0 fully saturated rings. The predicted molar refractivity (Wildman–Crippen MR) is 93.9 cm³/mol. The van der Waals surface area contributed by atoms with Crippen LogP contribution in [-0.4, -0.2) is 26.4 Å². The van der Waals surface area contributed by atoms with Crippen LogP contribution in [0.4, 0.5) is 17.2 Å². The van der Waals surface area contributed by atoms with E-state index in [1.54, 1.807) is 12.1 Å². The van der Waals surface area contributed by atoms with Gasteiger partial charge in [0.05, 0.1) is 0 Å². The Bertz CT molecular complexity index is 1010. The summed E-state index contributed by atoms with van der Waals surface area (Å²) in [6.45, 7) is 0. The summed E-state index contributed by atoms with van der Waals surface area (Å²) in [6.07, 6.45) is 2.85. The number of aliphatic imine (C=N–C) groups is 1. The number of nitrogens with zero attached hydrogens (tertiary/aromatic N) is 3. The molecule has 1 aliphatic heterocycles. The third-order valence-electron chi connectivity index (χ3n) is 3.52. The summed E-state index contributed by atoms with van der Waals surface area (Å²) >= 11 is 6.00. The Morgan fingerprint density at radius 3 is 2.72 bits per heavy atom. The number of halogens is 1. The number of fused-ring (bicyclic) bond motifs is 2. The second-order valence-electron chi connectivity index (χ2n) is 5.25. The fourth-order valence-corrected chi connectivity index (χ4v) is 2.54. The van der Waals surface area contributed by atoms with E-state index in [-0.39, 0.29) is 17.4 Å². The van der Waals surface area contributed by atoms with Crippen LogP contribution in [0, 0.1) is 0 Å². The molecule has 1 aliphatic rings. The first-order valence-electron chi connectivity index (χ1n) is 7.25. The molecule has 2 heterocycles. The van der Waals surface area contributed by atoms with Crippen molar-refractivity contribution in [3.63, 3.8) is 0 Å². The van der Waals surface area contributed by atoms with E-state index in [0.717, 1.165) is 5.69 Å². The first kappa shape index (κ1) is 15.2. The summed E-state index contributed by atoms with van der Waals surface area (Å²) in [5, 5.41) is 23.0. The molecule has 0 saturated carbocycles. The molecule has 124 valence electrons. The molecular formula is C17H11ClN4O3.